The normalized spacial score (nSPS) is 26.6. The van der Waals surface area contributed by atoms with Gasteiger partial charge in [0, 0.05) is 24.5 Å². The van der Waals surface area contributed by atoms with E-state index in [-0.39, 0.29) is 0 Å². The third-order valence-corrected chi connectivity index (χ3v) is 6.72. The number of thioether (sulfide) groups is 1. The molecule has 1 aliphatic carbocycles. The quantitative estimate of drug-likeness (QED) is 0.866. The SMILES string of the molecule is CN1C[C@@H](CSc2ccccn2)C[C@H]2Cc3c(O)cccc3C[C@@H]21. The third kappa shape index (κ3) is 3.17. The van der Waals surface area contributed by atoms with E-state index in [0.29, 0.717) is 23.6 Å². The number of rotatable bonds is 3. The second-order valence-electron chi connectivity index (χ2n) is 7.17. The number of phenols is 1. The van der Waals surface area contributed by atoms with E-state index in [1.54, 1.807) is 0 Å². The second kappa shape index (κ2) is 6.77. The van der Waals surface area contributed by atoms with Crippen LogP contribution in [0.1, 0.15) is 17.5 Å². The summed E-state index contributed by atoms with van der Waals surface area (Å²) >= 11 is 1.87. The van der Waals surface area contributed by atoms with Crippen molar-refractivity contribution in [3.63, 3.8) is 0 Å². The molecule has 2 heterocycles. The molecule has 24 heavy (non-hydrogen) atoms. The van der Waals surface area contributed by atoms with Crippen molar-refractivity contribution in [3.8, 4) is 5.75 Å². The number of likely N-dealkylation sites (tertiary alicyclic amines) is 1. The molecule has 2 aliphatic rings. The van der Waals surface area contributed by atoms with E-state index in [0.717, 1.165) is 30.2 Å². The van der Waals surface area contributed by atoms with Crippen LogP contribution in [-0.4, -0.2) is 40.4 Å². The van der Waals surface area contributed by atoms with Gasteiger partial charge in [0.25, 0.3) is 0 Å². The lowest BCUT2D eigenvalue weighted by atomic mass is 9.73. The van der Waals surface area contributed by atoms with Crippen LogP contribution in [0.2, 0.25) is 0 Å². The van der Waals surface area contributed by atoms with Crippen LogP contribution >= 0.6 is 11.8 Å². The Morgan fingerprint density at radius 2 is 2.12 bits per heavy atom. The van der Waals surface area contributed by atoms with Crippen molar-refractivity contribution in [2.45, 2.75) is 30.3 Å². The molecule has 0 amide bonds. The van der Waals surface area contributed by atoms with Gasteiger partial charge in [-0.2, -0.15) is 0 Å². The van der Waals surface area contributed by atoms with E-state index in [1.165, 1.54) is 17.5 Å². The van der Waals surface area contributed by atoms with Crippen molar-refractivity contribution in [3.05, 3.63) is 53.7 Å². The number of likely N-dealkylation sites (N-methyl/N-ethyl adjacent to an activating group) is 1. The van der Waals surface area contributed by atoms with Gasteiger partial charge in [-0.15, -0.1) is 11.8 Å². The van der Waals surface area contributed by atoms with Crippen LogP contribution in [0, 0.1) is 11.8 Å². The van der Waals surface area contributed by atoms with Gasteiger partial charge in [0.2, 0.25) is 0 Å². The van der Waals surface area contributed by atoms with Crippen LogP contribution in [0.15, 0.2) is 47.6 Å². The highest BCUT2D eigenvalue weighted by molar-refractivity contribution is 7.99. The highest BCUT2D eigenvalue weighted by Crippen LogP contribution is 2.40. The zero-order valence-corrected chi connectivity index (χ0v) is 14.9. The van der Waals surface area contributed by atoms with Gasteiger partial charge in [0.15, 0.2) is 0 Å². The molecule has 3 atom stereocenters. The Morgan fingerprint density at radius 3 is 2.96 bits per heavy atom. The summed E-state index contributed by atoms with van der Waals surface area (Å²) in [5.74, 6) is 2.95. The van der Waals surface area contributed by atoms with Crippen molar-refractivity contribution in [2.75, 3.05) is 19.3 Å². The Labute approximate surface area is 148 Å². The van der Waals surface area contributed by atoms with Crippen molar-refractivity contribution in [2.24, 2.45) is 11.8 Å². The second-order valence-corrected chi connectivity index (χ2v) is 8.21. The Kier molecular flexibility index (Phi) is 4.51. The lowest BCUT2D eigenvalue weighted by molar-refractivity contribution is 0.0792. The minimum Gasteiger partial charge on any atom is -0.508 e. The summed E-state index contributed by atoms with van der Waals surface area (Å²) in [5, 5.41) is 11.3. The molecule has 1 fully saturated rings. The molecule has 0 bridgehead atoms. The molecule has 3 nitrogen and oxygen atoms in total. The van der Waals surface area contributed by atoms with Gasteiger partial charge in [-0.25, -0.2) is 4.98 Å². The standard InChI is InChI=1S/C20H24N2OS/c1-22-12-14(13-24-20-7-2-3-8-21-20)9-16-10-17-15(11-18(16)22)5-4-6-19(17)23/h2-8,14,16,18,23H,9-13H2,1H3/t14-,16-,18-/m0/s1. The minimum absolute atomic E-state index is 0.485. The number of phenolic OH excluding ortho intramolecular Hbond substituents is 1. The first-order valence-corrected chi connectivity index (χ1v) is 9.73. The molecule has 1 N–H and O–H groups in total. The van der Waals surface area contributed by atoms with Crippen LogP contribution in [0.25, 0.3) is 0 Å². The van der Waals surface area contributed by atoms with Crippen LogP contribution in [-0.2, 0) is 12.8 Å². The first kappa shape index (κ1) is 16.0. The van der Waals surface area contributed by atoms with Crippen molar-refractivity contribution in [1.29, 1.82) is 0 Å². The lowest BCUT2D eigenvalue weighted by Gasteiger charge is -2.46. The molecule has 0 saturated carbocycles. The third-order valence-electron chi connectivity index (χ3n) is 5.54. The van der Waals surface area contributed by atoms with Gasteiger partial charge in [0.05, 0.1) is 5.03 Å². The number of aromatic hydroxyl groups is 1. The maximum atomic E-state index is 10.2. The highest BCUT2D eigenvalue weighted by Gasteiger charge is 2.38. The molecule has 4 heteroatoms. The molecular formula is C20H24N2OS. The lowest BCUT2D eigenvalue weighted by Crippen LogP contribution is -2.50. The summed E-state index contributed by atoms with van der Waals surface area (Å²) in [5.41, 5.74) is 2.52. The Bertz CT molecular complexity index is 706. The van der Waals surface area contributed by atoms with Crippen LogP contribution in [0.4, 0.5) is 0 Å². The van der Waals surface area contributed by atoms with Crippen molar-refractivity contribution < 1.29 is 5.11 Å². The number of pyridine rings is 1. The molecule has 0 spiro atoms. The smallest absolute Gasteiger partial charge is 0.119 e. The fraction of sp³-hybridized carbons (Fsp3) is 0.450. The number of nitrogens with zero attached hydrogens (tertiary/aromatic N) is 2. The predicted octanol–water partition coefficient (Wildman–Crippen LogP) is 3.61. The van der Waals surface area contributed by atoms with Gasteiger partial charge < -0.3 is 10.0 Å². The van der Waals surface area contributed by atoms with Crippen LogP contribution in [0.5, 0.6) is 5.75 Å². The molecule has 1 aliphatic heterocycles. The molecule has 2 aromatic rings. The maximum Gasteiger partial charge on any atom is 0.119 e. The first-order valence-electron chi connectivity index (χ1n) is 8.74. The molecule has 0 unspecified atom stereocenters. The summed E-state index contributed by atoms with van der Waals surface area (Å²) in [4.78, 5) is 6.97. The molecule has 1 aromatic heterocycles. The van der Waals surface area contributed by atoms with Gasteiger partial charge in [0.1, 0.15) is 5.75 Å². The summed E-state index contributed by atoms with van der Waals surface area (Å²) in [6.07, 6.45) is 5.21. The van der Waals surface area contributed by atoms with E-state index in [2.05, 4.69) is 35.1 Å². The Hall–Kier alpha value is -1.52. The zero-order chi connectivity index (χ0) is 16.5. The Balaban J connectivity index is 1.45. The summed E-state index contributed by atoms with van der Waals surface area (Å²) in [6.45, 7) is 1.16. The summed E-state index contributed by atoms with van der Waals surface area (Å²) < 4.78 is 0. The van der Waals surface area contributed by atoms with Gasteiger partial charge >= 0.3 is 0 Å². The van der Waals surface area contributed by atoms with E-state index < -0.39 is 0 Å². The average molecular weight is 340 g/mol. The number of hydrogen-bond donors (Lipinski definition) is 1. The van der Waals surface area contributed by atoms with Gasteiger partial charge in [-0.05, 0) is 67.5 Å². The molecule has 4 rings (SSSR count). The number of aromatic nitrogens is 1. The molecular weight excluding hydrogens is 316 g/mol. The van der Waals surface area contributed by atoms with Crippen LogP contribution < -0.4 is 0 Å². The van der Waals surface area contributed by atoms with E-state index in [9.17, 15) is 5.11 Å². The topological polar surface area (TPSA) is 36.4 Å². The largest absolute Gasteiger partial charge is 0.508 e. The molecule has 1 saturated heterocycles. The van der Waals surface area contributed by atoms with Gasteiger partial charge in [-0.1, -0.05) is 18.2 Å². The number of benzene rings is 1. The van der Waals surface area contributed by atoms with E-state index >= 15 is 0 Å². The van der Waals surface area contributed by atoms with Gasteiger partial charge in [-0.3, -0.25) is 0 Å². The molecule has 126 valence electrons. The fourth-order valence-corrected chi connectivity index (χ4v) is 5.35. The number of hydrogen-bond acceptors (Lipinski definition) is 4. The van der Waals surface area contributed by atoms with Crippen molar-refractivity contribution >= 4 is 11.8 Å². The average Bonchev–Trinajstić information content (AvgIpc) is 2.60. The fourth-order valence-electron chi connectivity index (χ4n) is 4.40. The minimum atomic E-state index is 0.485. The summed E-state index contributed by atoms with van der Waals surface area (Å²) in [6, 6.07) is 12.7. The van der Waals surface area contributed by atoms with E-state index in [4.69, 9.17) is 0 Å². The predicted molar refractivity (Wildman–Crippen MR) is 98.5 cm³/mol. The van der Waals surface area contributed by atoms with Crippen molar-refractivity contribution in [1.82, 2.24) is 9.88 Å². The zero-order valence-electron chi connectivity index (χ0n) is 14.1. The highest BCUT2D eigenvalue weighted by atomic mass is 32.2. The van der Waals surface area contributed by atoms with Crippen LogP contribution in [0.3, 0.4) is 0 Å². The number of piperidine rings is 1. The Morgan fingerprint density at radius 1 is 1.21 bits per heavy atom. The maximum absolute atomic E-state index is 10.2. The molecule has 1 aromatic carbocycles. The number of fused-ring (bicyclic) bond motifs is 2. The first-order chi connectivity index (χ1) is 11.7. The molecule has 0 radical (unpaired) electrons. The summed E-state index contributed by atoms with van der Waals surface area (Å²) in [7, 11) is 2.27. The van der Waals surface area contributed by atoms with E-state index in [1.807, 2.05) is 36.2 Å². The monoisotopic (exact) mass is 340 g/mol.